The number of aliphatic hydroxyl groups excluding tert-OH is 1. The van der Waals surface area contributed by atoms with Crippen LogP contribution in [0.4, 0.5) is 5.69 Å². The molecule has 0 unspecified atom stereocenters. The lowest BCUT2D eigenvalue weighted by molar-refractivity contribution is -0.133. The molecule has 0 aromatic carbocycles. The Morgan fingerprint density at radius 2 is 2.22 bits per heavy atom. The number of rotatable bonds is 3. The Hall–Kier alpha value is -2.33. The minimum atomic E-state index is -0.647. The third-order valence-corrected chi connectivity index (χ3v) is 4.28. The van der Waals surface area contributed by atoms with Crippen molar-refractivity contribution in [2.24, 2.45) is 5.92 Å². The van der Waals surface area contributed by atoms with Gasteiger partial charge >= 0.3 is 0 Å². The zero-order valence-electron chi connectivity index (χ0n) is 13.1. The van der Waals surface area contributed by atoms with Gasteiger partial charge < -0.3 is 19.6 Å². The summed E-state index contributed by atoms with van der Waals surface area (Å²) in [5.74, 6) is 0.554. The van der Waals surface area contributed by atoms with E-state index in [4.69, 9.17) is 4.74 Å². The number of amides is 1. The Bertz CT molecular complexity index is 639. The van der Waals surface area contributed by atoms with E-state index >= 15 is 0 Å². The molecule has 1 aliphatic carbocycles. The molecule has 122 valence electrons. The average molecular weight is 316 g/mol. The fourth-order valence-electron chi connectivity index (χ4n) is 2.95. The highest BCUT2D eigenvalue weighted by Gasteiger charge is 2.35. The monoisotopic (exact) mass is 316 g/mol. The number of nitrogens with zero attached hydrogens (tertiary/aromatic N) is 4. The van der Waals surface area contributed by atoms with Crippen molar-refractivity contribution in [1.82, 2.24) is 9.88 Å². The number of carbonyl (C=O) groups excluding carboxylic acids is 1. The lowest BCUT2D eigenvalue weighted by Gasteiger charge is -2.25. The molecule has 1 saturated heterocycles. The Kier molecular flexibility index (Phi) is 4.35. The number of β-amino-alcohol motifs (C(OH)–C–C–N with tert-alkyl or cyclic N) is 1. The van der Waals surface area contributed by atoms with Crippen molar-refractivity contribution in [3.8, 4) is 11.9 Å². The van der Waals surface area contributed by atoms with Crippen LogP contribution in [0.15, 0.2) is 12.3 Å². The van der Waals surface area contributed by atoms with Crippen LogP contribution in [-0.2, 0) is 4.79 Å². The number of anilines is 1. The molecule has 2 aliphatic rings. The van der Waals surface area contributed by atoms with Gasteiger partial charge in [0.1, 0.15) is 11.6 Å². The van der Waals surface area contributed by atoms with Gasteiger partial charge in [0, 0.05) is 38.3 Å². The zero-order valence-corrected chi connectivity index (χ0v) is 13.1. The molecule has 7 nitrogen and oxygen atoms in total. The van der Waals surface area contributed by atoms with E-state index in [1.807, 2.05) is 4.90 Å². The second-order valence-corrected chi connectivity index (χ2v) is 5.98. The zero-order chi connectivity index (χ0) is 16.4. The summed E-state index contributed by atoms with van der Waals surface area (Å²) >= 11 is 0. The summed E-state index contributed by atoms with van der Waals surface area (Å²) in [5, 5.41) is 19.7. The largest absolute Gasteiger partial charge is 0.480 e. The van der Waals surface area contributed by atoms with Crippen LogP contribution in [0, 0.1) is 17.2 Å². The predicted octanol–water partition coefficient (Wildman–Crippen LogP) is 0.381. The topological polar surface area (TPSA) is 89.7 Å². The van der Waals surface area contributed by atoms with E-state index in [9.17, 15) is 15.2 Å². The number of aliphatic hydroxyl groups is 1. The van der Waals surface area contributed by atoms with Crippen molar-refractivity contribution < 1.29 is 14.6 Å². The summed E-state index contributed by atoms with van der Waals surface area (Å²) in [6, 6.07) is 3.86. The van der Waals surface area contributed by atoms with Crippen molar-refractivity contribution in [2.45, 2.75) is 18.9 Å². The maximum Gasteiger partial charge on any atom is 0.233 e. The number of hydrogen-bond donors (Lipinski definition) is 1. The average Bonchev–Trinajstić information content (AvgIpc) is 3.40. The molecular weight excluding hydrogens is 296 g/mol. The number of carbonyl (C=O) groups is 1. The fourth-order valence-corrected chi connectivity index (χ4v) is 2.95. The molecule has 3 rings (SSSR count). The van der Waals surface area contributed by atoms with Crippen LogP contribution in [0.3, 0.4) is 0 Å². The molecule has 2 fully saturated rings. The third kappa shape index (κ3) is 3.22. The van der Waals surface area contributed by atoms with Gasteiger partial charge in [-0.25, -0.2) is 4.98 Å². The SMILES string of the molecule is COc1nccc(N2CCN(C(=O)C3CC3)C[C@H](O)C2)c1C#N. The molecule has 2 heterocycles. The van der Waals surface area contributed by atoms with E-state index in [1.54, 1.807) is 17.2 Å². The molecule has 0 bridgehead atoms. The number of aromatic nitrogens is 1. The van der Waals surface area contributed by atoms with E-state index < -0.39 is 6.10 Å². The van der Waals surface area contributed by atoms with Crippen LogP contribution < -0.4 is 9.64 Å². The quantitative estimate of drug-likeness (QED) is 0.867. The van der Waals surface area contributed by atoms with E-state index in [0.29, 0.717) is 37.4 Å². The molecule has 1 aromatic heterocycles. The highest BCUT2D eigenvalue weighted by molar-refractivity contribution is 5.81. The fraction of sp³-hybridized carbons (Fsp3) is 0.562. The van der Waals surface area contributed by atoms with Crippen molar-refractivity contribution >= 4 is 11.6 Å². The summed E-state index contributed by atoms with van der Waals surface area (Å²) in [5.41, 5.74) is 1.03. The number of methoxy groups -OCH3 is 1. The molecule has 7 heteroatoms. The van der Waals surface area contributed by atoms with Gasteiger partial charge in [-0.15, -0.1) is 0 Å². The first kappa shape index (κ1) is 15.6. The second kappa shape index (κ2) is 6.42. The highest BCUT2D eigenvalue weighted by Crippen LogP contribution is 2.32. The minimum absolute atomic E-state index is 0.138. The van der Waals surface area contributed by atoms with Crippen molar-refractivity contribution in [2.75, 3.05) is 38.2 Å². The first-order valence-corrected chi connectivity index (χ1v) is 7.79. The number of hydrogen-bond acceptors (Lipinski definition) is 6. The van der Waals surface area contributed by atoms with Crippen LogP contribution in [-0.4, -0.2) is 60.3 Å². The molecule has 1 aromatic rings. The van der Waals surface area contributed by atoms with Crippen molar-refractivity contribution in [1.29, 1.82) is 5.26 Å². The second-order valence-electron chi connectivity index (χ2n) is 5.98. The van der Waals surface area contributed by atoms with Gasteiger partial charge in [-0.2, -0.15) is 5.26 Å². The molecule has 1 N–H and O–H groups in total. The number of ether oxygens (including phenoxy) is 1. The minimum Gasteiger partial charge on any atom is -0.480 e. The lowest BCUT2D eigenvalue weighted by Crippen LogP contribution is -2.38. The third-order valence-electron chi connectivity index (χ3n) is 4.28. The van der Waals surface area contributed by atoms with Crippen molar-refractivity contribution in [3.05, 3.63) is 17.8 Å². The maximum absolute atomic E-state index is 12.2. The van der Waals surface area contributed by atoms with Crippen LogP contribution in [0.1, 0.15) is 18.4 Å². The van der Waals surface area contributed by atoms with Gasteiger partial charge in [-0.1, -0.05) is 0 Å². The van der Waals surface area contributed by atoms with E-state index in [0.717, 1.165) is 12.8 Å². The Labute approximate surface area is 135 Å². The van der Waals surface area contributed by atoms with Gasteiger partial charge in [-0.05, 0) is 18.9 Å². The molecule has 1 atom stereocenters. The van der Waals surface area contributed by atoms with Gasteiger partial charge in [-0.3, -0.25) is 4.79 Å². The highest BCUT2D eigenvalue weighted by atomic mass is 16.5. The van der Waals surface area contributed by atoms with Crippen molar-refractivity contribution in [3.63, 3.8) is 0 Å². The molecule has 0 spiro atoms. The summed E-state index contributed by atoms with van der Waals surface area (Å²) < 4.78 is 5.14. The Morgan fingerprint density at radius 3 is 2.87 bits per heavy atom. The Balaban J connectivity index is 1.81. The number of pyridine rings is 1. The predicted molar refractivity (Wildman–Crippen MR) is 83.0 cm³/mol. The van der Waals surface area contributed by atoms with Crippen LogP contribution in [0.5, 0.6) is 5.88 Å². The van der Waals surface area contributed by atoms with Gasteiger partial charge in [0.05, 0.1) is 18.9 Å². The molecule has 1 amide bonds. The smallest absolute Gasteiger partial charge is 0.233 e. The molecule has 23 heavy (non-hydrogen) atoms. The molecule has 1 aliphatic heterocycles. The normalized spacial score (nSPS) is 21.5. The van der Waals surface area contributed by atoms with Gasteiger partial charge in [0.2, 0.25) is 11.8 Å². The Morgan fingerprint density at radius 1 is 1.43 bits per heavy atom. The standard InChI is InChI=1S/C16H20N4O3/c1-23-15-13(8-17)14(4-5-18-15)19-6-7-20(10-12(21)9-19)16(22)11-2-3-11/h4-5,11-12,21H,2-3,6-7,9-10H2,1H3/t12-/m1/s1. The molecule has 0 radical (unpaired) electrons. The van der Waals surface area contributed by atoms with Gasteiger partial charge in [0.15, 0.2) is 0 Å². The van der Waals surface area contributed by atoms with Gasteiger partial charge in [0.25, 0.3) is 0 Å². The first-order chi connectivity index (χ1) is 11.1. The first-order valence-electron chi connectivity index (χ1n) is 7.79. The van der Waals surface area contributed by atoms with E-state index in [1.165, 1.54) is 7.11 Å². The van der Waals surface area contributed by atoms with E-state index in [2.05, 4.69) is 11.1 Å². The summed E-state index contributed by atoms with van der Waals surface area (Å²) in [7, 11) is 1.47. The molecule has 1 saturated carbocycles. The summed E-state index contributed by atoms with van der Waals surface area (Å²) in [6.45, 7) is 1.82. The molecular formula is C16H20N4O3. The summed E-state index contributed by atoms with van der Waals surface area (Å²) in [4.78, 5) is 19.9. The lowest BCUT2D eigenvalue weighted by atomic mass is 10.2. The van der Waals surface area contributed by atoms with E-state index in [-0.39, 0.29) is 17.7 Å². The van der Waals surface area contributed by atoms with Crippen LogP contribution in [0.25, 0.3) is 0 Å². The van der Waals surface area contributed by atoms with Crippen LogP contribution in [0.2, 0.25) is 0 Å². The maximum atomic E-state index is 12.2. The number of nitriles is 1. The summed E-state index contributed by atoms with van der Waals surface area (Å²) in [6.07, 6.45) is 2.84. The van der Waals surface area contributed by atoms with Crippen LogP contribution >= 0.6 is 0 Å².